The number of nitrogens with zero attached hydrogens (tertiary/aromatic N) is 1. The van der Waals surface area contributed by atoms with Crippen molar-refractivity contribution in [2.75, 3.05) is 7.05 Å². The normalized spacial score (nSPS) is 12.4. The Hall–Kier alpha value is -1.71. The van der Waals surface area contributed by atoms with Crippen LogP contribution in [0.2, 0.25) is 0 Å². The van der Waals surface area contributed by atoms with Crippen LogP contribution in [0.3, 0.4) is 0 Å². The monoisotopic (exact) mass is 228 g/mol. The number of rotatable bonds is 4. The van der Waals surface area contributed by atoms with E-state index in [4.69, 9.17) is 0 Å². The number of hydrogen-bond donors (Lipinski definition) is 2. The minimum atomic E-state index is -0.659. The molecule has 2 aromatic rings. The predicted molar refractivity (Wildman–Crippen MR) is 67.5 cm³/mol. The van der Waals surface area contributed by atoms with E-state index < -0.39 is 6.10 Å². The van der Waals surface area contributed by atoms with Crippen LogP contribution in [0.15, 0.2) is 48.7 Å². The molecule has 0 aliphatic rings. The Kier molecular flexibility index (Phi) is 3.85. The topological polar surface area (TPSA) is 45.1 Å². The summed E-state index contributed by atoms with van der Waals surface area (Å²) in [6.07, 6.45) is 1.03. The first kappa shape index (κ1) is 11.8. The molecule has 1 atom stereocenters. The molecule has 3 heteroatoms. The summed E-state index contributed by atoms with van der Waals surface area (Å²) in [5.74, 6) is 0. The lowest BCUT2D eigenvalue weighted by Crippen LogP contribution is -2.07. The van der Waals surface area contributed by atoms with Gasteiger partial charge in [-0.15, -0.1) is 0 Å². The number of hydrogen-bond acceptors (Lipinski definition) is 3. The molecular formula is C14H16N2O. The molecule has 0 spiro atoms. The molecule has 1 aromatic carbocycles. The van der Waals surface area contributed by atoms with Gasteiger partial charge in [0.2, 0.25) is 0 Å². The van der Waals surface area contributed by atoms with E-state index in [-0.39, 0.29) is 0 Å². The van der Waals surface area contributed by atoms with Crippen molar-refractivity contribution in [2.45, 2.75) is 12.6 Å². The van der Waals surface area contributed by atoms with Gasteiger partial charge >= 0.3 is 0 Å². The Labute approximate surface area is 101 Å². The van der Waals surface area contributed by atoms with E-state index in [0.717, 1.165) is 17.7 Å². The zero-order valence-electron chi connectivity index (χ0n) is 9.80. The predicted octanol–water partition coefficient (Wildman–Crippen LogP) is 1.88. The molecule has 2 rings (SSSR count). The first-order chi connectivity index (χ1) is 8.31. The molecule has 0 saturated heterocycles. The second-order valence-corrected chi connectivity index (χ2v) is 3.93. The quantitative estimate of drug-likeness (QED) is 0.840. The summed E-state index contributed by atoms with van der Waals surface area (Å²) in [6, 6.07) is 13.4. The van der Waals surface area contributed by atoms with E-state index in [1.165, 1.54) is 0 Å². The van der Waals surface area contributed by atoms with Crippen molar-refractivity contribution in [1.82, 2.24) is 10.3 Å². The molecular weight excluding hydrogens is 212 g/mol. The lowest BCUT2D eigenvalue weighted by molar-refractivity contribution is 0.215. The Morgan fingerprint density at radius 3 is 2.82 bits per heavy atom. The fourth-order valence-electron chi connectivity index (χ4n) is 1.79. The lowest BCUT2D eigenvalue weighted by Gasteiger charge is -2.11. The molecule has 0 saturated carbocycles. The highest BCUT2D eigenvalue weighted by molar-refractivity contribution is 5.29. The lowest BCUT2D eigenvalue weighted by atomic mass is 10.0. The molecule has 0 radical (unpaired) electrons. The molecule has 88 valence electrons. The molecule has 17 heavy (non-hydrogen) atoms. The summed E-state index contributed by atoms with van der Waals surface area (Å²) >= 11 is 0. The van der Waals surface area contributed by atoms with Gasteiger partial charge in [-0.1, -0.05) is 30.3 Å². The van der Waals surface area contributed by atoms with E-state index >= 15 is 0 Å². The van der Waals surface area contributed by atoms with Crippen LogP contribution in [0, 0.1) is 0 Å². The van der Waals surface area contributed by atoms with Gasteiger partial charge in [-0.05, 0) is 30.3 Å². The van der Waals surface area contributed by atoms with Crippen molar-refractivity contribution in [1.29, 1.82) is 0 Å². The Bertz CT molecular complexity index is 471. The SMILES string of the molecule is CNCc1cccc(C(O)c2ccccn2)c1. The average Bonchev–Trinajstić information content (AvgIpc) is 2.40. The zero-order valence-corrected chi connectivity index (χ0v) is 9.80. The van der Waals surface area contributed by atoms with Gasteiger partial charge in [0.05, 0.1) is 5.69 Å². The van der Waals surface area contributed by atoms with Crippen LogP contribution in [-0.2, 0) is 6.54 Å². The van der Waals surface area contributed by atoms with Crippen LogP contribution >= 0.6 is 0 Å². The van der Waals surface area contributed by atoms with Gasteiger partial charge in [0.25, 0.3) is 0 Å². The van der Waals surface area contributed by atoms with Crippen molar-refractivity contribution in [3.8, 4) is 0 Å². The third kappa shape index (κ3) is 2.90. The van der Waals surface area contributed by atoms with E-state index in [1.54, 1.807) is 6.20 Å². The van der Waals surface area contributed by atoms with E-state index in [2.05, 4.69) is 10.3 Å². The number of aliphatic hydroxyl groups excluding tert-OH is 1. The van der Waals surface area contributed by atoms with Crippen molar-refractivity contribution in [3.05, 3.63) is 65.5 Å². The Morgan fingerprint density at radius 1 is 1.24 bits per heavy atom. The Balaban J connectivity index is 2.25. The van der Waals surface area contributed by atoms with Crippen molar-refractivity contribution in [3.63, 3.8) is 0 Å². The summed E-state index contributed by atoms with van der Waals surface area (Å²) in [4.78, 5) is 4.17. The van der Waals surface area contributed by atoms with E-state index in [9.17, 15) is 5.11 Å². The summed E-state index contributed by atoms with van der Waals surface area (Å²) in [5.41, 5.74) is 2.70. The van der Waals surface area contributed by atoms with Crippen molar-refractivity contribution in [2.24, 2.45) is 0 Å². The highest BCUT2D eigenvalue weighted by Gasteiger charge is 2.11. The van der Waals surface area contributed by atoms with Gasteiger partial charge in [0.1, 0.15) is 6.10 Å². The Morgan fingerprint density at radius 2 is 2.12 bits per heavy atom. The minimum Gasteiger partial charge on any atom is -0.382 e. The molecule has 1 aromatic heterocycles. The van der Waals surface area contributed by atoms with Crippen LogP contribution < -0.4 is 5.32 Å². The van der Waals surface area contributed by atoms with Crippen LogP contribution in [0.25, 0.3) is 0 Å². The van der Waals surface area contributed by atoms with Crippen LogP contribution in [0.5, 0.6) is 0 Å². The number of nitrogens with one attached hydrogen (secondary N) is 1. The summed E-state index contributed by atoms with van der Waals surface area (Å²) < 4.78 is 0. The molecule has 0 amide bonds. The maximum absolute atomic E-state index is 10.2. The molecule has 3 nitrogen and oxygen atoms in total. The second-order valence-electron chi connectivity index (χ2n) is 3.93. The van der Waals surface area contributed by atoms with Gasteiger partial charge in [-0.3, -0.25) is 4.98 Å². The zero-order chi connectivity index (χ0) is 12.1. The van der Waals surface area contributed by atoms with Gasteiger partial charge in [0, 0.05) is 12.7 Å². The molecule has 1 unspecified atom stereocenters. The van der Waals surface area contributed by atoms with Gasteiger partial charge in [0.15, 0.2) is 0 Å². The first-order valence-corrected chi connectivity index (χ1v) is 5.63. The van der Waals surface area contributed by atoms with Gasteiger partial charge in [-0.2, -0.15) is 0 Å². The molecule has 1 heterocycles. The van der Waals surface area contributed by atoms with Gasteiger partial charge < -0.3 is 10.4 Å². The molecule has 0 fully saturated rings. The second kappa shape index (κ2) is 5.57. The average molecular weight is 228 g/mol. The van der Waals surface area contributed by atoms with Crippen molar-refractivity contribution < 1.29 is 5.11 Å². The number of aromatic nitrogens is 1. The highest BCUT2D eigenvalue weighted by atomic mass is 16.3. The van der Waals surface area contributed by atoms with E-state index in [0.29, 0.717) is 5.69 Å². The standard InChI is InChI=1S/C14H16N2O/c1-15-10-11-5-4-6-12(9-11)14(17)13-7-2-3-8-16-13/h2-9,14-15,17H,10H2,1H3. The fraction of sp³-hybridized carbons (Fsp3) is 0.214. The maximum atomic E-state index is 10.2. The summed E-state index contributed by atoms with van der Waals surface area (Å²) in [6.45, 7) is 0.794. The van der Waals surface area contributed by atoms with Crippen LogP contribution in [-0.4, -0.2) is 17.1 Å². The number of pyridine rings is 1. The smallest absolute Gasteiger partial charge is 0.121 e. The third-order valence-electron chi connectivity index (χ3n) is 2.62. The van der Waals surface area contributed by atoms with Crippen LogP contribution in [0.1, 0.15) is 22.9 Å². The molecule has 0 aliphatic heterocycles. The fourth-order valence-corrected chi connectivity index (χ4v) is 1.79. The number of aliphatic hydroxyl groups is 1. The molecule has 2 N–H and O–H groups in total. The number of benzene rings is 1. The molecule has 0 bridgehead atoms. The summed E-state index contributed by atoms with van der Waals surface area (Å²) in [5, 5.41) is 13.3. The highest BCUT2D eigenvalue weighted by Crippen LogP contribution is 2.20. The molecule has 0 aliphatic carbocycles. The first-order valence-electron chi connectivity index (χ1n) is 5.63. The summed E-state index contributed by atoms with van der Waals surface area (Å²) in [7, 11) is 1.90. The minimum absolute atomic E-state index is 0.659. The maximum Gasteiger partial charge on any atom is 0.121 e. The van der Waals surface area contributed by atoms with E-state index in [1.807, 2.05) is 49.5 Å². The van der Waals surface area contributed by atoms with Crippen molar-refractivity contribution >= 4 is 0 Å². The largest absolute Gasteiger partial charge is 0.382 e. The van der Waals surface area contributed by atoms with Gasteiger partial charge in [-0.25, -0.2) is 0 Å². The van der Waals surface area contributed by atoms with Crippen LogP contribution in [0.4, 0.5) is 0 Å². The third-order valence-corrected chi connectivity index (χ3v) is 2.62.